The number of H-pyrrole nitrogens is 1. The van der Waals surface area contributed by atoms with Crippen molar-refractivity contribution in [1.82, 2.24) is 10.2 Å². The molecule has 136 valence electrons. The van der Waals surface area contributed by atoms with Crippen molar-refractivity contribution >= 4 is 32.3 Å². The number of primary sulfonamides is 1. The van der Waals surface area contributed by atoms with Crippen LogP contribution in [0.2, 0.25) is 0 Å². The molecule has 1 aliphatic heterocycles. The summed E-state index contributed by atoms with van der Waals surface area (Å²) in [7, 11) is -3.65. The summed E-state index contributed by atoms with van der Waals surface area (Å²) >= 11 is 0. The number of nitrogens with zero attached hydrogens (tertiary/aromatic N) is 2. The van der Waals surface area contributed by atoms with Gasteiger partial charge in [-0.15, -0.1) is 0 Å². The van der Waals surface area contributed by atoms with E-state index in [0.717, 1.165) is 48.2 Å². The van der Waals surface area contributed by atoms with Crippen LogP contribution >= 0.6 is 0 Å². The van der Waals surface area contributed by atoms with Gasteiger partial charge in [0.15, 0.2) is 0 Å². The molecule has 0 spiro atoms. The van der Waals surface area contributed by atoms with E-state index in [1.165, 1.54) is 0 Å². The van der Waals surface area contributed by atoms with Gasteiger partial charge in [0, 0.05) is 35.9 Å². The van der Waals surface area contributed by atoms with Gasteiger partial charge in [-0.1, -0.05) is 0 Å². The molecule has 0 radical (unpaired) electrons. The number of hydrogen-bond acceptors (Lipinski definition) is 5. The number of nitrogens with one attached hydrogen (secondary N) is 2. The Morgan fingerprint density at radius 2 is 2.00 bits per heavy atom. The van der Waals surface area contributed by atoms with Crippen molar-refractivity contribution in [3.05, 3.63) is 48.7 Å². The molecule has 4 N–H and O–H groups in total. The number of sulfonamides is 1. The van der Waals surface area contributed by atoms with Crippen LogP contribution in [0, 0.1) is 0 Å². The van der Waals surface area contributed by atoms with Crippen LogP contribution in [0.4, 0.5) is 11.4 Å². The highest BCUT2D eigenvalue weighted by Crippen LogP contribution is 2.24. The Bertz CT molecular complexity index is 1010. The van der Waals surface area contributed by atoms with E-state index in [4.69, 9.17) is 5.14 Å². The molecular formula is C18H21N5O2S. The van der Waals surface area contributed by atoms with Gasteiger partial charge in [-0.2, -0.15) is 5.10 Å². The monoisotopic (exact) mass is 371 g/mol. The van der Waals surface area contributed by atoms with Crippen molar-refractivity contribution in [2.24, 2.45) is 5.14 Å². The molecule has 4 rings (SSSR count). The Morgan fingerprint density at radius 3 is 2.77 bits per heavy atom. The summed E-state index contributed by atoms with van der Waals surface area (Å²) in [5.74, 6) is 0. The van der Waals surface area contributed by atoms with Crippen molar-refractivity contribution in [3.63, 3.8) is 0 Å². The number of aromatic amines is 1. The summed E-state index contributed by atoms with van der Waals surface area (Å²) in [4.78, 5) is 2.41. The SMILES string of the molecule is NS(=O)(=O)c1ccc(N2CCCC(Nc3ccc4[nH]ncc4c3)C2)cc1. The average Bonchev–Trinajstić information content (AvgIpc) is 3.09. The van der Waals surface area contributed by atoms with Crippen molar-refractivity contribution in [3.8, 4) is 0 Å². The molecule has 0 aliphatic carbocycles. The highest BCUT2D eigenvalue weighted by molar-refractivity contribution is 7.89. The fraction of sp³-hybridized carbons (Fsp3) is 0.278. The first kappa shape index (κ1) is 16.9. The predicted octanol–water partition coefficient (Wildman–Crippen LogP) is 2.29. The molecule has 2 heterocycles. The Hall–Kier alpha value is -2.58. The van der Waals surface area contributed by atoms with Gasteiger partial charge in [-0.3, -0.25) is 5.10 Å². The summed E-state index contributed by atoms with van der Waals surface area (Å²) in [5, 5.41) is 16.9. The zero-order valence-corrected chi connectivity index (χ0v) is 15.0. The lowest BCUT2D eigenvalue weighted by Gasteiger charge is -2.35. The van der Waals surface area contributed by atoms with E-state index in [2.05, 4.69) is 32.5 Å². The van der Waals surface area contributed by atoms with Crippen molar-refractivity contribution in [1.29, 1.82) is 0 Å². The van der Waals surface area contributed by atoms with Gasteiger partial charge in [0.1, 0.15) is 0 Å². The van der Waals surface area contributed by atoms with Crippen molar-refractivity contribution in [2.75, 3.05) is 23.3 Å². The van der Waals surface area contributed by atoms with Crippen LogP contribution in [0.5, 0.6) is 0 Å². The molecular weight excluding hydrogens is 350 g/mol. The molecule has 1 aliphatic rings. The van der Waals surface area contributed by atoms with Gasteiger partial charge < -0.3 is 10.2 Å². The minimum absolute atomic E-state index is 0.140. The van der Waals surface area contributed by atoms with E-state index in [-0.39, 0.29) is 4.90 Å². The molecule has 3 aromatic rings. The fourth-order valence-corrected chi connectivity index (χ4v) is 3.96. The highest BCUT2D eigenvalue weighted by atomic mass is 32.2. The summed E-state index contributed by atoms with van der Waals surface area (Å²) in [6, 6.07) is 13.3. The number of rotatable bonds is 4. The lowest BCUT2D eigenvalue weighted by Crippen LogP contribution is -2.42. The van der Waals surface area contributed by atoms with Crippen LogP contribution in [-0.4, -0.2) is 37.7 Å². The summed E-state index contributed by atoms with van der Waals surface area (Å²) in [5.41, 5.74) is 3.11. The molecule has 1 saturated heterocycles. The number of aromatic nitrogens is 2. The van der Waals surface area contributed by atoms with Crippen LogP contribution in [0.25, 0.3) is 10.9 Å². The van der Waals surface area contributed by atoms with E-state index in [1.807, 2.05) is 24.4 Å². The number of nitrogens with two attached hydrogens (primary N) is 1. The van der Waals surface area contributed by atoms with Crippen LogP contribution in [0.15, 0.2) is 53.6 Å². The van der Waals surface area contributed by atoms with Gasteiger partial charge in [0.2, 0.25) is 10.0 Å². The Kier molecular flexibility index (Phi) is 4.29. The third-order valence-electron chi connectivity index (χ3n) is 4.76. The molecule has 0 bridgehead atoms. The second-order valence-corrected chi connectivity index (χ2v) is 8.20. The number of piperidine rings is 1. The van der Waals surface area contributed by atoms with Gasteiger partial charge in [-0.25, -0.2) is 13.6 Å². The van der Waals surface area contributed by atoms with Crippen LogP contribution in [-0.2, 0) is 10.0 Å². The minimum Gasteiger partial charge on any atom is -0.381 e. The molecule has 0 saturated carbocycles. The van der Waals surface area contributed by atoms with Crippen molar-refractivity contribution < 1.29 is 8.42 Å². The zero-order valence-electron chi connectivity index (χ0n) is 14.2. The van der Waals surface area contributed by atoms with Crippen molar-refractivity contribution in [2.45, 2.75) is 23.8 Å². The number of fused-ring (bicyclic) bond motifs is 1. The van der Waals surface area contributed by atoms with E-state index in [0.29, 0.717) is 6.04 Å². The van der Waals surface area contributed by atoms with E-state index in [1.54, 1.807) is 12.1 Å². The molecule has 26 heavy (non-hydrogen) atoms. The maximum absolute atomic E-state index is 11.4. The smallest absolute Gasteiger partial charge is 0.238 e. The minimum atomic E-state index is -3.65. The number of anilines is 2. The first-order valence-electron chi connectivity index (χ1n) is 8.56. The van der Waals surface area contributed by atoms with E-state index in [9.17, 15) is 8.42 Å². The predicted molar refractivity (Wildman–Crippen MR) is 103 cm³/mol. The standard InChI is InChI=1S/C18H21N5O2S/c19-26(24,25)17-6-4-16(5-7-17)23-9-1-2-15(12-23)21-14-3-8-18-13(10-14)11-20-22-18/h3-8,10-11,15,21H,1-2,9,12H2,(H,20,22)(H2,19,24,25). The highest BCUT2D eigenvalue weighted by Gasteiger charge is 2.20. The number of hydrogen-bond donors (Lipinski definition) is 3. The molecule has 8 heteroatoms. The second-order valence-electron chi connectivity index (χ2n) is 6.64. The Labute approximate surface area is 152 Å². The topological polar surface area (TPSA) is 104 Å². The molecule has 1 fully saturated rings. The van der Waals surface area contributed by atoms with Gasteiger partial charge in [-0.05, 0) is 55.3 Å². The summed E-state index contributed by atoms with van der Waals surface area (Å²) in [6.07, 6.45) is 3.98. The largest absolute Gasteiger partial charge is 0.381 e. The third kappa shape index (κ3) is 3.51. The van der Waals surface area contributed by atoms with Crippen LogP contribution < -0.4 is 15.4 Å². The van der Waals surface area contributed by atoms with E-state index < -0.39 is 10.0 Å². The molecule has 1 atom stereocenters. The quantitative estimate of drug-likeness (QED) is 0.653. The fourth-order valence-electron chi connectivity index (χ4n) is 3.44. The lowest BCUT2D eigenvalue weighted by molar-refractivity contribution is 0.530. The van der Waals surface area contributed by atoms with E-state index >= 15 is 0 Å². The van der Waals surface area contributed by atoms with Crippen LogP contribution in [0.1, 0.15) is 12.8 Å². The molecule has 1 aromatic heterocycles. The van der Waals surface area contributed by atoms with Gasteiger partial charge in [0.05, 0.1) is 16.6 Å². The molecule has 2 aromatic carbocycles. The zero-order chi connectivity index (χ0) is 18.1. The first-order chi connectivity index (χ1) is 12.5. The van der Waals surface area contributed by atoms with Gasteiger partial charge in [0.25, 0.3) is 0 Å². The molecule has 0 amide bonds. The Balaban J connectivity index is 1.46. The first-order valence-corrected chi connectivity index (χ1v) is 10.1. The Morgan fingerprint density at radius 1 is 1.19 bits per heavy atom. The maximum atomic E-state index is 11.4. The van der Waals surface area contributed by atoms with Gasteiger partial charge >= 0.3 is 0 Å². The summed E-state index contributed by atoms with van der Waals surface area (Å²) < 4.78 is 22.8. The molecule has 1 unspecified atom stereocenters. The maximum Gasteiger partial charge on any atom is 0.238 e. The summed E-state index contributed by atoms with van der Waals surface area (Å²) in [6.45, 7) is 1.81. The van der Waals surface area contributed by atoms with Crippen LogP contribution in [0.3, 0.4) is 0 Å². The normalized spacial score (nSPS) is 18.2. The number of benzene rings is 2. The third-order valence-corrected chi connectivity index (χ3v) is 5.69. The average molecular weight is 371 g/mol. The lowest BCUT2D eigenvalue weighted by atomic mass is 10.0. The molecule has 7 nitrogen and oxygen atoms in total. The second kappa shape index (κ2) is 6.62.